The number of aliphatic imine (C=N–C) groups is 1. The number of halogens is 5. The smallest absolute Gasteiger partial charge is 0.424 e. The van der Waals surface area contributed by atoms with Gasteiger partial charge in [0.25, 0.3) is 0 Å². The SMILES string of the molecule is OC(COc1ccc(F)cc1)(c1ccc2c(c1)C=NC2c1ccc(F)cc1)C(F)(F)F. The van der Waals surface area contributed by atoms with Crippen molar-refractivity contribution < 1.29 is 31.8 Å². The maximum absolute atomic E-state index is 13.8. The fourth-order valence-electron chi connectivity index (χ4n) is 3.39. The molecule has 3 nitrogen and oxygen atoms in total. The zero-order chi connectivity index (χ0) is 22.2. The molecule has 160 valence electrons. The number of alkyl halides is 3. The Balaban J connectivity index is 1.63. The number of benzene rings is 3. The van der Waals surface area contributed by atoms with E-state index in [-0.39, 0.29) is 5.75 Å². The molecule has 0 fully saturated rings. The summed E-state index contributed by atoms with van der Waals surface area (Å²) in [5.41, 5.74) is -1.96. The lowest BCUT2D eigenvalue weighted by atomic mass is 9.89. The lowest BCUT2D eigenvalue weighted by Crippen LogP contribution is -2.47. The average Bonchev–Trinajstić information content (AvgIpc) is 3.16. The van der Waals surface area contributed by atoms with Gasteiger partial charge in [0.2, 0.25) is 5.60 Å². The molecule has 0 amide bonds. The standard InChI is InChI=1S/C23H16F5NO2/c24-17-4-1-14(2-5-17)21-20-10-3-16(11-15(20)12-29-21)22(30,23(26,27)28)13-31-19-8-6-18(25)7-9-19/h1-12,21,30H,13H2. The third-order valence-electron chi connectivity index (χ3n) is 5.14. The maximum atomic E-state index is 13.8. The summed E-state index contributed by atoms with van der Waals surface area (Å²) in [6.45, 7) is -1.11. The Morgan fingerprint density at radius 3 is 2.10 bits per heavy atom. The molecular weight excluding hydrogens is 417 g/mol. The highest BCUT2D eigenvalue weighted by atomic mass is 19.4. The monoisotopic (exact) mass is 433 g/mol. The van der Waals surface area contributed by atoms with Crippen LogP contribution in [0.1, 0.15) is 28.3 Å². The lowest BCUT2D eigenvalue weighted by Gasteiger charge is -2.31. The van der Waals surface area contributed by atoms with Crippen molar-refractivity contribution in [3.8, 4) is 5.75 Å². The van der Waals surface area contributed by atoms with Crippen LogP contribution in [0.4, 0.5) is 22.0 Å². The molecule has 0 radical (unpaired) electrons. The summed E-state index contributed by atoms with van der Waals surface area (Å²) in [6, 6.07) is 13.5. The second-order valence-electron chi connectivity index (χ2n) is 7.18. The summed E-state index contributed by atoms with van der Waals surface area (Å²) in [7, 11) is 0. The van der Waals surface area contributed by atoms with Crippen LogP contribution in [0.2, 0.25) is 0 Å². The molecule has 0 bridgehead atoms. The fraction of sp³-hybridized carbons (Fsp3) is 0.174. The lowest BCUT2D eigenvalue weighted by molar-refractivity contribution is -0.275. The van der Waals surface area contributed by atoms with Gasteiger partial charge >= 0.3 is 6.18 Å². The molecule has 1 N–H and O–H groups in total. The first-order chi connectivity index (χ1) is 14.7. The van der Waals surface area contributed by atoms with Gasteiger partial charge in [0.1, 0.15) is 30.0 Å². The highest BCUT2D eigenvalue weighted by Gasteiger charge is 2.56. The van der Waals surface area contributed by atoms with Crippen molar-refractivity contribution in [2.75, 3.05) is 6.61 Å². The second kappa shape index (κ2) is 7.77. The summed E-state index contributed by atoms with van der Waals surface area (Å²) < 4.78 is 72.8. The van der Waals surface area contributed by atoms with Crippen LogP contribution in [0.3, 0.4) is 0 Å². The molecule has 3 aromatic carbocycles. The molecule has 1 heterocycles. The largest absolute Gasteiger partial charge is 0.490 e. The summed E-state index contributed by atoms with van der Waals surface area (Å²) in [4.78, 5) is 4.31. The van der Waals surface area contributed by atoms with Crippen molar-refractivity contribution in [2.24, 2.45) is 4.99 Å². The molecule has 1 aliphatic heterocycles. The van der Waals surface area contributed by atoms with Crippen molar-refractivity contribution >= 4 is 6.21 Å². The summed E-state index contributed by atoms with van der Waals surface area (Å²) >= 11 is 0. The average molecular weight is 433 g/mol. The van der Waals surface area contributed by atoms with Gasteiger partial charge in [-0.25, -0.2) is 8.78 Å². The summed E-state index contributed by atoms with van der Waals surface area (Å²) in [5.74, 6) is -0.979. The van der Waals surface area contributed by atoms with E-state index in [0.29, 0.717) is 16.7 Å². The van der Waals surface area contributed by atoms with E-state index in [1.807, 2.05) is 0 Å². The van der Waals surface area contributed by atoms with E-state index >= 15 is 0 Å². The van der Waals surface area contributed by atoms with E-state index in [0.717, 1.165) is 12.1 Å². The number of ether oxygens (including phenoxy) is 1. The zero-order valence-electron chi connectivity index (χ0n) is 15.9. The third-order valence-corrected chi connectivity index (χ3v) is 5.14. The molecule has 31 heavy (non-hydrogen) atoms. The van der Waals surface area contributed by atoms with Crippen LogP contribution in [0.25, 0.3) is 0 Å². The van der Waals surface area contributed by atoms with Gasteiger partial charge in [-0.1, -0.05) is 24.3 Å². The highest BCUT2D eigenvalue weighted by molar-refractivity contribution is 5.86. The molecular formula is C23H16F5NO2. The number of nitrogens with zero attached hydrogens (tertiary/aromatic N) is 1. The van der Waals surface area contributed by atoms with Crippen LogP contribution in [0.5, 0.6) is 5.75 Å². The van der Waals surface area contributed by atoms with Crippen LogP contribution >= 0.6 is 0 Å². The van der Waals surface area contributed by atoms with Gasteiger partial charge < -0.3 is 9.84 Å². The maximum Gasteiger partial charge on any atom is 0.424 e. The molecule has 0 spiro atoms. The van der Waals surface area contributed by atoms with Crippen molar-refractivity contribution in [3.05, 3.63) is 101 Å². The van der Waals surface area contributed by atoms with Gasteiger partial charge in [-0.05, 0) is 64.7 Å². The van der Waals surface area contributed by atoms with Gasteiger partial charge in [-0.2, -0.15) is 13.2 Å². The highest BCUT2D eigenvalue weighted by Crippen LogP contribution is 2.42. The molecule has 0 saturated heterocycles. The van der Waals surface area contributed by atoms with Gasteiger partial charge in [0.05, 0.1) is 0 Å². The van der Waals surface area contributed by atoms with Gasteiger partial charge in [0.15, 0.2) is 0 Å². The van der Waals surface area contributed by atoms with E-state index < -0.39 is 41.6 Å². The third kappa shape index (κ3) is 4.03. The van der Waals surface area contributed by atoms with Crippen LogP contribution in [0, 0.1) is 11.6 Å². The number of aliphatic hydroxyl groups is 1. The minimum absolute atomic E-state index is 0.0110. The molecule has 3 aromatic rings. The van der Waals surface area contributed by atoms with E-state index in [1.54, 1.807) is 12.1 Å². The first-order valence-electron chi connectivity index (χ1n) is 9.28. The molecule has 1 aliphatic rings. The first kappa shape index (κ1) is 21.0. The minimum atomic E-state index is -5.03. The Labute approximate surface area is 174 Å². The van der Waals surface area contributed by atoms with Crippen molar-refractivity contribution in [1.82, 2.24) is 0 Å². The van der Waals surface area contributed by atoms with Crippen molar-refractivity contribution in [3.63, 3.8) is 0 Å². The normalized spacial score (nSPS) is 17.3. The van der Waals surface area contributed by atoms with Crippen molar-refractivity contribution in [1.29, 1.82) is 0 Å². The first-order valence-corrected chi connectivity index (χ1v) is 9.28. The van der Waals surface area contributed by atoms with E-state index in [9.17, 15) is 27.1 Å². The van der Waals surface area contributed by atoms with Gasteiger partial charge in [-0.15, -0.1) is 0 Å². The Hall–Kier alpha value is -3.26. The van der Waals surface area contributed by atoms with E-state index in [2.05, 4.69) is 4.99 Å². The zero-order valence-corrected chi connectivity index (χ0v) is 15.9. The number of rotatable bonds is 5. The number of fused-ring (bicyclic) bond motifs is 1. The predicted molar refractivity (Wildman–Crippen MR) is 104 cm³/mol. The minimum Gasteiger partial charge on any atom is -0.490 e. The molecule has 4 rings (SSSR count). The fourth-order valence-corrected chi connectivity index (χ4v) is 3.39. The number of hydrogen-bond acceptors (Lipinski definition) is 3. The molecule has 8 heteroatoms. The van der Waals surface area contributed by atoms with Crippen molar-refractivity contribution in [2.45, 2.75) is 17.8 Å². The Kier molecular flexibility index (Phi) is 5.26. The number of hydrogen-bond donors (Lipinski definition) is 1. The second-order valence-corrected chi connectivity index (χ2v) is 7.18. The molecule has 2 unspecified atom stereocenters. The van der Waals surface area contributed by atoms with Crippen LogP contribution < -0.4 is 4.74 Å². The van der Waals surface area contributed by atoms with E-state index in [1.165, 1.54) is 48.7 Å². The quantitative estimate of drug-likeness (QED) is 0.554. The van der Waals surface area contributed by atoms with Crippen LogP contribution in [-0.4, -0.2) is 24.1 Å². The summed E-state index contributed by atoms with van der Waals surface area (Å²) in [5, 5.41) is 10.6. The molecule has 0 aliphatic carbocycles. The predicted octanol–water partition coefficient (Wildman–Crippen LogP) is 5.32. The molecule has 0 aromatic heterocycles. The van der Waals surface area contributed by atoms with Gasteiger partial charge in [-0.3, -0.25) is 4.99 Å². The molecule has 2 atom stereocenters. The van der Waals surface area contributed by atoms with E-state index in [4.69, 9.17) is 4.74 Å². The van der Waals surface area contributed by atoms with Crippen LogP contribution in [-0.2, 0) is 5.60 Å². The Bertz CT molecular complexity index is 1110. The van der Waals surface area contributed by atoms with Gasteiger partial charge in [0, 0.05) is 6.21 Å². The summed E-state index contributed by atoms with van der Waals surface area (Å²) in [6.07, 6.45) is -3.61. The molecule has 0 saturated carbocycles. The Morgan fingerprint density at radius 2 is 1.48 bits per heavy atom. The topological polar surface area (TPSA) is 41.8 Å². The Morgan fingerprint density at radius 1 is 0.871 bits per heavy atom. The van der Waals surface area contributed by atoms with Crippen LogP contribution in [0.15, 0.2) is 71.7 Å².